The van der Waals surface area contributed by atoms with Crippen LogP contribution in [0.4, 0.5) is 0 Å². The molecule has 2 aliphatic heterocycles. The molecule has 0 saturated carbocycles. The molecule has 1 saturated heterocycles. The number of hydrogen-bond donors (Lipinski definition) is 2. The van der Waals surface area contributed by atoms with Gasteiger partial charge in [0.2, 0.25) is 0 Å². The van der Waals surface area contributed by atoms with Gasteiger partial charge in [-0.05, 0) is 32.2 Å². The first-order valence-corrected chi connectivity index (χ1v) is 7.27. The zero-order valence-corrected chi connectivity index (χ0v) is 11.1. The minimum Gasteiger partial charge on any atom is -0.480 e. The smallest absolute Gasteiger partial charge is 0.326 e. The van der Waals surface area contributed by atoms with Gasteiger partial charge in [-0.2, -0.15) is 0 Å². The van der Waals surface area contributed by atoms with E-state index in [4.69, 9.17) is 0 Å². The van der Waals surface area contributed by atoms with Crippen LogP contribution < -0.4 is 5.32 Å². The van der Waals surface area contributed by atoms with E-state index >= 15 is 0 Å². The Labute approximate surface area is 113 Å². The predicted molar refractivity (Wildman–Crippen MR) is 71.2 cm³/mol. The molecule has 0 amide bonds. The fraction of sp³-hybridized carbons (Fsp3) is 0.714. The molecule has 0 aliphatic carbocycles. The molecule has 5 heteroatoms. The quantitative estimate of drug-likeness (QED) is 0.868. The third kappa shape index (κ3) is 2.66. The van der Waals surface area contributed by atoms with Gasteiger partial charge in [0, 0.05) is 25.1 Å². The summed E-state index contributed by atoms with van der Waals surface area (Å²) in [5, 5.41) is 12.8. The van der Waals surface area contributed by atoms with Crippen molar-refractivity contribution in [3.05, 3.63) is 17.7 Å². The van der Waals surface area contributed by atoms with Gasteiger partial charge in [-0.3, -0.25) is 0 Å². The molecule has 1 aromatic rings. The Morgan fingerprint density at radius 1 is 1.42 bits per heavy atom. The van der Waals surface area contributed by atoms with Gasteiger partial charge in [0.25, 0.3) is 0 Å². The van der Waals surface area contributed by atoms with Crippen LogP contribution in [0.15, 0.2) is 6.20 Å². The Balaban J connectivity index is 1.75. The normalized spacial score (nSPS) is 26.9. The third-order valence-electron chi connectivity index (χ3n) is 4.23. The predicted octanol–water partition coefficient (Wildman–Crippen LogP) is 1.53. The van der Waals surface area contributed by atoms with Crippen molar-refractivity contribution in [3.8, 4) is 0 Å². The van der Waals surface area contributed by atoms with E-state index in [1.807, 2.05) is 10.8 Å². The molecule has 0 aromatic carbocycles. The van der Waals surface area contributed by atoms with Gasteiger partial charge in [0.15, 0.2) is 0 Å². The number of hydrogen-bond acceptors (Lipinski definition) is 3. The average Bonchev–Trinajstić information content (AvgIpc) is 2.81. The van der Waals surface area contributed by atoms with Gasteiger partial charge in [0.05, 0.1) is 5.69 Å². The van der Waals surface area contributed by atoms with E-state index in [0.29, 0.717) is 6.04 Å². The summed E-state index contributed by atoms with van der Waals surface area (Å²) in [4.78, 5) is 15.9. The van der Waals surface area contributed by atoms with Gasteiger partial charge < -0.3 is 15.0 Å². The molecule has 1 aromatic heterocycles. The second-order valence-corrected chi connectivity index (χ2v) is 5.65. The molecule has 3 rings (SSSR count). The van der Waals surface area contributed by atoms with Crippen molar-refractivity contribution in [1.29, 1.82) is 0 Å². The fourth-order valence-corrected chi connectivity index (χ4v) is 3.23. The number of piperidine rings is 1. The second-order valence-electron chi connectivity index (χ2n) is 5.65. The zero-order valence-electron chi connectivity index (χ0n) is 11.1. The van der Waals surface area contributed by atoms with E-state index in [2.05, 4.69) is 10.3 Å². The molecule has 104 valence electrons. The van der Waals surface area contributed by atoms with Crippen LogP contribution >= 0.6 is 0 Å². The summed E-state index contributed by atoms with van der Waals surface area (Å²) in [6.45, 7) is 1.09. The third-order valence-corrected chi connectivity index (χ3v) is 4.23. The van der Waals surface area contributed by atoms with Crippen molar-refractivity contribution in [2.24, 2.45) is 0 Å². The molecule has 0 bridgehead atoms. The van der Waals surface area contributed by atoms with Gasteiger partial charge >= 0.3 is 5.97 Å². The Bertz CT molecular complexity index is 463. The highest BCUT2D eigenvalue weighted by Gasteiger charge is 2.27. The van der Waals surface area contributed by atoms with E-state index in [-0.39, 0.29) is 0 Å². The summed E-state index contributed by atoms with van der Waals surface area (Å²) in [6.07, 6.45) is 9.18. The lowest BCUT2D eigenvalue weighted by Crippen LogP contribution is -2.35. The van der Waals surface area contributed by atoms with Crippen LogP contribution in [-0.4, -0.2) is 33.2 Å². The summed E-state index contributed by atoms with van der Waals surface area (Å²) in [7, 11) is 0. The number of aliphatic carboxylic acids is 1. The summed E-state index contributed by atoms with van der Waals surface area (Å²) in [5.41, 5.74) is 1.04. The highest BCUT2D eigenvalue weighted by molar-refractivity contribution is 5.72. The molecule has 1 fully saturated rings. The van der Waals surface area contributed by atoms with Crippen molar-refractivity contribution < 1.29 is 9.90 Å². The molecular weight excluding hydrogens is 242 g/mol. The standard InChI is InChI=1S/C14H21N3O2/c18-14(19)12-5-3-6-13-16-11(9-17(12)13)8-10-4-1-2-7-15-10/h9-10,12,15H,1-8H2,(H,18,19). The van der Waals surface area contributed by atoms with Gasteiger partial charge in [-0.15, -0.1) is 0 Å². The SMILES string of the molecule is O=C(O)C1CCCc2nc(CC3CCCCN3)cn21. The number of rotatable bonds is 3. The Morgan fingerprint density at radius 3 is 3.05 bits per heavy atom. The first-order chi connectivity index (χ1) is 9.24. The number of imidazole rings is 1. The maximum Gasteiger partial charge on any atom is 0.326 e. The molecule has 2 unspecified atom stereocenters. The minimum atomic E-state index is -0.735. The average molecular weight is 263 g/mol. The zero-order chi connectivity index (χ0) is 13.2. The maximum atomic E-state index is 11.3. The molecule has 3 heterocycles. The number of carbonyl (C=O) groups is 1. The summed E-state index contributed by atoms with van der Waals surface area (Å²) in [5.74, 6) is 0.213. The number of aromatic nitrogens is 2. The summed E-state index contributed by atoms with van der Waals surface area (Å²) < 4.78 is 1.88. The molecule has 2 aliphatic rings. The monoisotopic (exact) mass is 263 g/mol. The first-order valence-electron chi connectivity index (χ1n) is 7.27. The lowest BCUT2D eigenvalue weighted by Gasteiger charge is -2.22. The largest absolute Gasteiger partial charge is 0.480 e. The molecule has 0 spiro atoms. The van der Waals surface area contributed by atoms with Crippen molar-refractivity contribution in [2.75, 3.05) is 6.54 Å². The van der Waals surface area contributed by atoms with Crippen molar-refractivity contribution in [2.45, 2.75) is 57.0 Å². The van der Waals surface area contributed by atoms with Crippen LogP contribution in [-0.2, 0) is 17.6 Å². The van der Waals surface area contributed by atoms with Crippen LogP contribution in [0.5, 0.6) is 0 Å². The van der Waals surface area contributed by atoms with E-state index in [1.54, 1.807) is 0 Å². The van der Waals surface area contributed by atoms with E-state index in [1.165, 1.54) is 19.3 Å². The summed E-state index contributed by atoms with van der Waals surface area (Å²) in [6, 6.07) is 0.0956. The van der Waals surface area contributed by atoms with Crippen molar-refractivity contribution >= 4 is 5.97 Å². The van der Waals surface area contributed by atoms with E-state index in [9.17, 15) is 9.90 Å². The number of carboxylic acids is 1. The lowest BCUT2D eigenvalue weighted by atomic mass is 10.0. The first kappa shape index (κ1) is 12.7. The summed E-state index contributed by atoms with van der Waals surface area (Å²) >= 11 is 0. The molecule has 0 radical (unpaired) electrons. The van der Waals surface area contributed by atoms with Crippen LogP contribution in [0.2, 0.25) is 0 Å². The van der Waals surface area contributed by atoms with Gasteiger partial charge in [0.1, 0.15) is 11.9 Å². The van der Waals surface area contributed by atoms with Gasteiger partial charge in [-0.25, -0.2) is 9.78 Å². The van der Waals surface area contributed by atoms with Crippen molar-refractivity contribution in [1.82, 2.24) is 14.9 Å². The highest BCUT2D eigenvalue weighted by Crippen LogP contribution is 2.25. The van der Waals surface area contributed by atoms with Crippen LogP contribution in [0.25, 0.3) is 0 Å². The molecule has 2 atom stereocenters. The second kappa shape index (κ2) is 5.33. The number of nitrogens with zero attached hydrogens (tertiary/aromatic N) is 2. The Hall–Kier alpha value is -1.36. The molecule has 19 heavy (non-hydrogen) atoms. The van der Waals surface area contributed by atoms with Crippen LogP contribution in [0.1, 0.15) is 49.7 Å². The van der Waals surface area contributed by atoms with Gasteiger partial charge in [-0.1, -0.05) is 6.42 Å². The number of carboxylic acid groups (broad SMARTS) is 1. The molecule has 5 nitrogen and oxygen atoms in total. The minimum absolute atomic E-state index is 0.413. The fourth-order valence-electron chi connectivity index (χ4n) is 3.23. The lowest BCUT2D eigenvalue weighted by molar-refractivity contribution is -0.141. The maximum absolute atomic E-state index is 11.3. The topological polar surface area (TPSA) is 67.2 Å². The van der Waals surface area contributed by atoms with E-state index < -0.39 is 12.0 Å². The van der Waals surface area contributed by atoms with Crippen LogP contribution in [0.3, 0.4) is 0 Å². The molecule has 2 N–H and O–H groups in total. The highest BCUT2D eigenvalue weighted by atomic mass is 16.4. The number of nitrogens with one attached hydrogen (secondary N) is 1. The van der Waals surface area contributed by atoms with Crippen molar-refractivity contribution in [3.63, 3.8) is 0 Å². The Kier molecular flexibility index (Phi) is 3.55. The number of aryl methyl sites for hydroxylation is 1. The molecular formula is C14H21N3O2. The Morgan fingerprint density at radius 2 is 2.32 bits per heavy atom. The van der Waals surface area contributed by atoms with E-state index in [0.717, 1.165) is 43.7 Å². The number of fused-ring (bicyclic) bond motifs is 1. The van der Waals surface area contributed by atoms with Crippen LogP contribution in [0, 0.1) is 0 Å².